The molecule has 1 aromatic heterocycles. The highest BCUT2D eigenvalue weighted by Crippen LogP contribution is 2.33. The number of hydrogen-bond donors (Lipinski definition) is 3. The fraction of sp³-hybridized carbons (Fsp3) is 0.0769. The van der Waals surface area contributed by atoms with Crippen molar-refractivity contribution in [2.24, 2.45) is 0 Å². The molecule has 0 bridgehead atoms. The Morgan fingerprint density at radius 3 is 2.33 bits per heavy atom. The summed E-state index contributed by atoms with van der Waals surface area (Å²) < 4.78 is 4.68. The monoisotopic (exact) mass is 391 g/mol. The van der Waals surface area contributed by atoms with Crippen molar-refractivity contribution in [1.82, 2.24) is 9.97 Å². The van der Waals surface area contributed by atoms with Gasteiger partial charge in [0.15, 0.2) is 6.61 Å². The fourth-order valence-electron chi connectivity index (χ4n) is 1.61. The van der Waals surface area contributed by atoms with Gasteiger partial charge in [-0.15, -0.1) is 0 Å². The van der Waals surface area contributed by atoms with Crippen molar-refractivity contribution in [3.8, 4) is 0 Å². The van der Waals surface area contributed by atoms with Gasteiger partial charge in [-0.1, -0.05) is 34.8 Å². The number of aromatic nitrogens is 2. The predicted molar refractivity (Wildman–Crippen MR) is 88.1 cm³/mol. The zero-order valence-corrected chi connectivity index (χ0v) is 13.9. The number of carbonyl (C=O) groups is 2. The zero-order valence-electron chi connectivity index (χ0n) is 11.6. The van der Waals surface area contributed by atoms with Crippen molar-refractivity contribution in [3.63, 3.8) is 0 Å². The number of H-pyrrole nitrogens is 2. The summed E-state index contributed by atoms with van der Waals surface area (Å²) in [5.74, 6) is -1.83. The third-order valence-electron chi connectivity index (χ3n) is 2.64. The lowest BCUT2D eigenvalue weighted by Gasteiger charge is -2.10. The Balaban J connectivity index is 2.02. The number of aromatic amines is 2. The molecule has 0 fully saturated rings. The van der Waals surface area contributed by atoms with Crippen LogP contribution in [0.4, 0.5) is 5.69 Å². The molecule has 126 valence electrons. The van der Waals surface area contributed by atoms with Crippen LogP contribution in [0.3, 0.4) is 0 Å². The molecule has 0 unspecified atom stereocenters. The van der Waals surface area contributed by atoms with Gasteiger partial charge >= 0.3 is 11.7 Å². The van der Waals surface area contributed by atoms with Gasteiger partial charge in [0, 0.05) is 11.2 Å². The number of esters is 1. The fourth-order valence-corrected chi connectivity index (χ4v) is 2.52. The summed E-state index contributed by atoms with van der Waals surface area (Å²) in [5, 5.41) is 2.84. The summed E-state index contributed by atoms with van der Waals surface area (Å²) in [6, 6.07) is 2.74. The Hall–Kier alpha value is -2.29. The van der Waals surface area contributed by atoms with Crippen molar-refractivity contribution in [2.45, 2.75) is 0 Å². The first-order valence-electron chi connectivity index (χ1n) is 6.21. The van der Waals surface area contributed by atoms with Gasteiger partial charge < -0.3 is 15.0 Å². The molecule has 24 heavy (non-hydrogen) atoms. The van der Waals surface area contributed by atoms with Crippen LogP contribution in [0.25, 0.3) is 0 Å². The van der Waals surface area contributed by atoms with E-state index in [0.29, 0.717) is 0 Å². The maximum Gasteiger partial charge on any atom is 0.345 e. The second kappa shape index (κ2) is 7.52. The van der Waals surface area contributed by atoms with Crippen LogP contribution < -0.4 is 16.6 Å². The molecule has 0 saturated carbocycles. The van der Waals surface area contributed by atoms with E-state index in [1.165, 1.54) is 12.1 Å². The van der Waals surface area contributed by atoms with E-state index >= 15 is 0 Å². The molecule has 0 aliphatic rings. The average Bonchev–Trinajstić information content (AvgIpc) is 2.48. The highest BCUT2D eigenvalue weighted by molar-refractivity contribution is 6.42. The lowest BCUT2D eigenvalue weighted by molar-refractivity contribution is -0.119. The third-order valence-corrected chi connectivity index (χ3v) is 3.46. The maximum absolute atomic E-state index is 11.8. The minimum absolute atomic E-state index is 0.101. The smallest absolute Gasteiger partial charge is 0.345 e. The molecular weight excluding hydrogens is 385 g/mol. The summed E-state index contributed by atoms with van der Waals surface area (Å²) in [6.07, 6.45) is 0.883. The van der Waals surface area contributed by atoms with E-state index in [1.807, 2.05) is 4.98 Å². The van der Waals surface area contributed by atoms with Crippen LogP contribution in [0.15, 0.2) is 27.9 Å². The van der Waals surface area contributed by atoms with Crippen molar-refractivity contribution in [2.75, 3.05) is 11.9 Å². The van der Waals surface area contributed by atoms with Gasteiger partial charge in [-0.3, -0.25) is 14.6 Å². The average molecular weight is 393 g/mol. The van der Waals surface area contributed by atoms with Crippen LogP contribution in [0.1, 0.15) is 10.4 Å². The molecule has 0 aliphatic carbocycles. The van der Waals surface area contributed by atoms with Crippen LogP contribution in [0, 0.1) is 0 Å². The zero-order chi connectivity index (χ0) is 17.9. The van der Waals surface area contributed by atoms with Crippen LogP contribution in [0.2, 0.25) is 15.1 Å². The van der Waals surface area contributed by atoms with E-state index in [1.54, 1.807) is 0 Å². The van der Waals surface area contributed by atoms with Crippen molar-refractivity contribution < 1.29 is 14.3 Å². The molecule has 0 spiro atoms. The molecular formula is C13H8Cl3N3O5. The van der Waals surface area contributed by atoms with Gasteiger partial charge in [-0.05, 0) is 12.1 Å². The van der Waals surface area contributed by atoms with Crippen LogP contribution in [-0.4, -0.2) is 28.5 Å². The number of ether oxygens (including phenoxy) is 1. The Morgan fingerprint density at radius 1 is 1.12 bits per heavy atom. The molecule has 1 heterocycles. The molecule has 3 N–H and O–H groups in total. The summed E-state index contributed by atoms with van der Waals surface area (Å²) >= 11 is 17.6. The van der Waals surface area contributed by atoms with E-state index in [2.05, 4.69) is 15.0 Å². The molecule has 0 radical (unpaired) electrons. The lowest BCUT2D eigenvalue weighted by atomic mass is 10.3. The number of halogens is 3. The summed E-state index contributed by atoms with van der Waals surface area (Å²) in [5.41, 5.74) is -2.06. The number of rotatable bonds is 4. The second-order valence-corrected chi connectivity index (χ2v) is 5.61. The summed E-state index contributed by atoms with van der Waals surface area (Å²) in [4.78, 5) is 49.7. The minimum Gasteiger partial charge on any atom is -0.452 e. The summed E-state index contributed by atoms with van der Waals surface area (Å²) in [7, 11) is 0. The quantitative estimate of drug-likeness (QED) is 0.685. The molecule has 0 atom stereocenters. The third kappa shape index (κ3) is 4.38. The summed E-state index contributed by atoms with van der Waals surface area (Å²) in [6.45, 7) is -0.702. The first-order chi connectivity index (χ1) is 11.3. The van der Waals surface area contributed by atoms with Gasteiger partial charge in [0.25, 0.3) is 11.5 Å². The van der Waals surface area contributed by atoms with Gasteiger partial charge in [-0.2, -0.15) is 0 Å². The molecule has 1 aromatic carbocycles. The molecule has 0 saturated heterocycles. The number of amides is 1. The first-order valence-corrected chi connectivity index (χ1v) is 7.35. The van der Waals surface area contributed by atoms with E-state index in [9.17, 15) is 19.2 Å². The molecule has 0 aliphatic heterocycles. The van der Waals surface area contributed by atoms with E-state index in [-0.39, 0.29) is 20.8 Å². The Kier molecular flexibility index (Phi) is 5.66. The normalized spacial score (nSPS) is 10.3. The topological polar surface area (TPSA) is 121 Å². The number of carbonyl (C=O) groups excluding carboxylic acids is 2. The first kappa shape index (κ1) is 18.1. The van der Waals surface area contributed by atoms with Gasteiger partial charge in [-0.25, -0.2) is 9.59 Å². The molecule has 11 heteroatoms. The Labute approximate surface area is 148 Å². The largest absolute Gasteiger partial charge is 0.452 e. The van der Waals surface area contributed by atoms with E-state index < -0.39 is 35.3 Å². The van der Waals surface area contributed by atoms with Gasteiger partial charge in [0.1, 0.15) is 5.56 Å². The van der Waals surface area contributed by atoms with Crippen molar-refractivity contribution in [1.29, 1.82) is 0 Å². The van der Waals surface area contributed by atoms with E-state index in [4.69, 9.17) is 34.8 Å². The van der Waals surface area contributed by atoms with E-state index in [0.717, 1.165) is 6.20 Å². The van der Waals surface area contributed by atoms with Crippen LogP contribution in [-0.2, 0) is 9.53 Å². The second-order valence-electron chi connectivity index (χ2n) is 4.35. The molecule has 1 amide bonds. The highest BCUT2D eigenvalue weighted by Gasteiger charge is 2.16. The lowest BCUT2D eigenvalue weighted by Crippen LogP contribution is -2.29. The van der Waals surface area contributed by atoms with Crippen LogP contribution in [0.5, 0.6) is 0 Å². The number of anilines is 1. The molecule has 2 rings (SSSR count). The predicted octanol–water partition coefficient (Wildman–Crippen LogP) is 1.82. The maximum atomic E-state index is 11.8. The number of nitrogens with one attached hydrogen (secondary N) is 3. The number of benzene rings is 1. The highest BCUT2D eigenvalue weighted by atomic mass is 35.5. The van der Waals surface area contributed by atoms with Crippen molar-refractivity contribution >= 4 is 52.4 Å². The van der Waals surface area contributed by atoms with Gasteiger partial charge in [0.2, 0.25) is 0 Å². The van der Waals surface area contributed by atoms with Crippen molar-refractivity contribution in [3.05, 3.63) is 59.8 Å². The SMILES string of the molecule is O=C(COC(=O)c1c[nH]c(=O)[nH]c1=O)Nc1c(Cl)cc(Cl)cc1Cl. The molecule has 8 nitrogen and oxygen atoms in total. The number of hydrogen-bond acceptors (Lipinski definition) is 5. The minimum atomic E-state index is -1.09. The molecule has 2 aromatic rings. The Morgan fingerprint density at radius 2 is 1.75 bits per heavy atom. The van der Waals surface area contributed by atoms with Gasteiger partial charge in [0.05, 0.1) is 15.7 Å². The van der Waals surface area contributed by atoms with Crippen LogP contribution >= 0.6 is 34.8 Å². The Bertz CT molecular complexity index is 899. The standard InChI is InChI=1S/C13H8Cl3N3O5/c14-5-1-7(15)10(8(16)2-5)18-9(20)4-24-12(22)6-3-17-13(23)19-11(6)21/h1-3H,4H2,(H,18,20)(H2,17,19,21,23).